The molecule has 64 valence electrons. The van der Waals surface area contributed by atoms with Crippen LogP contribution in [0, 0.1) is 20.2 Å². The van der Waals surface area contributed by atoms with E-state index in [2.05, 4.69) is 0 Å². The van der Waals surface area contributed by atoms with E-state index in [0.29, 0.717) is 0 Å². The standard InChI is InChI=1S/C4H7FN2O4/c1-3(6(8)9)4(2-5)7(10)11/h3-4H,2H2,1H3. The van der Waals surface area contributed by atoms with Crippen LogP contribution in [0.3, 0.4) is 0 Å². The highest BCUT2D eigenvalue weighted by molar-refractivity contribution is 4.61. The molecule has 2 unspecified atom stereocenters. The van der Waals surface area contributed by atoms with Gasteiger partial charge in [0.15, 0.2) is 6.67 Å². The Hall–Kier alpha value is -1.27. The van der Waals surface area contributed by atoms with Crippen molar-refractivity contribution in [2.75, 3.05) is 6.67 Å². The fourth-order valence-electron chi connectivity index (χ4n) is 0.502. The highest BCUT2D eigenvalue weighted by Crippen LogP contribution is 2.01. The van der Waals surface area contributed by atoms with Gasteiger partial charge in [-0.2, -0.15) is 0 Å². The van der Waals surface area contributed by atoms with Crippen LogP contribution in [0.4, 0.5) is 4.39 Å². The van der Waals surface area contributed by atoms with Crippen LogP contribution in [-0.4, -0.2) is 28.6 Å². The predicted molar refractivity (Wildman–Crippen MR) is 33.2 cm³/mol. The van der Waals surface area contributed by atoms with Crippen LogP contribution in [0.5, 0.6) is 0 Å². The van der Waals surface area contributed by atoms with Gasteiger partial charge in [-0.3, -0.25) is 20.2 Å². The third-order valence-corrected chi connectivity index (χ3v) is 1.32. The Morgan fingerprint density at radius 3 is 1.91 bits per heavy atom. The fourth-order valence-corrected chi connectivity index (χ4v) is 0.502. The Bertz CT molecular complexity index is 173. The van der Waals surface area contributed by atoms with Crippen molar-refractivity contribution < 1.29 is 14.2 Å². The highest BCUT2D eigenvalue weighted by atomic mass is 19.1. The van der Waals surface area contributed by atoms with Crippen molar-refractivity contribution in [2.45, 2.75) is 19.0 Å². The SMILES string of the molecule is CC(C(CF)[N+](=O)[O-])[N+](=O)[O-]. The van der Waals surface area contributed by atoms with Crippen molar-refractivity contribution in [3.63, 3.8) is 0 Å². The van der Waals surface area contributed by atoms with Crippen molar-refractivity contribution >= 4 is 0 Å². The van der Waals surface area contributed by atoms with E-state index in [-0.39, 0.29) is 0 Å². The first-order chi connectivity index (χ1) is 5.00. The molecule has 0 aliphatic rings. The summed E-state index contributed by atoms with van der Waals surface area (Å²) in [6.45, 7) is -0.303. The lowest BCUT2D eigenvalue weighted by Gasteiger charge is -2.05. The molecule has 0 aromatic rings. The van der Waals surface area contributed by atoms with E-state index in [1.807, 2.05) is 0 Å². The average molecular weight is 166 g/mol. The second-order valence-corrected chi connectivity index (χ2v) is 2.03. The van der Waals surface area contributed by atoms with Crippen molar-refractivity contribution in [3.8, 4) is 0 Å². The number of nitro groups is 2. The molecule has 11 heavy (non-hydrogen) atoms. The summed E-state index contributed by atoms with van der Waals surface area (Å²) < 4.78 is 11.8. The maximum atomic E-state index is 11.8. The molecule has 0 rings (SSSR count). The second kappa shape index (κ2) is 3.79. The Balaban J connectivity index is 4.25. The number of hydrogen-bond acceptors (Lipinski definition) is 4. The largest absolute Gasteiger partial charge is 0.306 e. The molecular weight excluding hydrogens is 159 g/mol. The van der Waals surface area contributed by atoms with E-state index in [0.717, 1.165) is 6.92 Å². The first kappa shape index (κ1) is 9.73. The summed E-state index contributed by atoms with van der Waals surface area (Å²) in [5.41, 5.74) is 0. The number of alkyl halides is 1. The average Bonchev–Trinajstić information content (AvgIpc) is 1.88. The van der Waals surface area contributed by atoms with Crippen LogP contribution < -0.4 is 0 Å². The zero-order valence-corrected chi connectivity index (χ0v) is 5.77. The first-order valence-electron chi connectivity index (χ1n) is 2.83. The highest BCUT2D eigenvalue weighted by Gasteiger charge is 2.36. The van der Waals surface area contributed by atoms with Crippen LogP contribution in [-0.2, 0) is 0 Å². The van der Waals surface area contributed by atoms with Gasteiger partial charge in [-0.25, -0.2) is 4.39 Å². The zero-order valence-electron chi connectivity index (χ0n) is 5.77. The van der Waals surface area contributed by atoms with E-state index in [4.69, 9.17) is 0 Å². The summed E-state index contributed by atoms with van der Waals surface area (Å²) >= 11 is 0. The van der Waals surface area contributed by atoms with Gasteiger partial charge in [0, 0.05) is 16.8 Å². The maximum absolute atomic E-state index is 11.8. The molecule has 7 heteroatoms. The minimum Gasteiger partial charge on any atom is -0.264 e. The lowest BCUT2D eigenvalue weighted by molar-refractivity contribution is -0.614. The predicted octanol–water partition coefficient (Wildman–Crippen LogP) is 0.266. The molecule has 0 amide bonds. The molecule has 0 bridgehead atoms. The van der Waals surface area contributed by atoms with Crippen LogP contribution >= 0.6 is 0 Å². The van der Waals surface area contributed by atoms with E-state index in [1.165, 1.54) is 0 Å². The lowest BCUT2D eigenvalue weighted by Crippen LogP contribution is -2.38. The number of rotatable bonds is 4. The van der Waals surface area contributed by atoms with Crippen LogP contribution in [0.25, 0.3) is 0 Å². The molecule has 0 aromatic heterocycles. The molecule has 0 N–H and O–H groups in total. The minimum atomic E-state index is -1.73. The van der Waals surface area contributed by atoms with Crippen molar-refractivity contribution in [1.82, 2.24) is 0 Å². The topological polar surface area (TPSA) is 86.3 Å². The zero-order chi connectivity index (χ0) is 9.02. The molecule has 0 radical (unpaired) electrons. The van der Waals surface area contributed by atoms with Gasteiger partial charge in [0.05, 0.1) is 0 Å². The van der Waals surface area contributed by atoms with Gasteiger partial charge in [0.1, 0.15) is 0 Å². The summed E-state index contributed by atoms with van der Waals surface area (Å²) in [5, 5.41) is 19.9. The third kappa shape index (κ3) is 2.44. The fraction of sp³-hybridized carbons (Fsp3) is 1.00. The van der Waals surface area contributed by atoms with Crippen LogP contribution in [0.15, 0.2) is 0 Å². The molecule has 6 nitrogen and oxygen atoms in total. The van der Waals surface area contributed by atoms with Gasteiger partial charge in [-0.1, -0.05) is 0 Å². The molecule has 0 fully saturated rings. The van der Waals surface area contributed by atoms with E-state index >= 15 is 0 Å². The summed E-state index contributed by atoms with van der Waals surface area (Å²) in [4.78, 5) is 18.0. The molecule has 0 aliphatic carbocycles. The normalized spacial score (nSPS) is 15.5. The van der Waals surface area contributed by atoms with Gasteiger partial charge in [0.25, 0.3) is 6.04 Å². The van der Waals surface area contributed by atoms with Gasteiger partial charge >= 0.3 is 6.04 Å². The molecule has 0 heterocycles. The molecule has 2 atom stereocenters. The number of halogens is 1. The van der Waals surface area contributed by atoms with Crippen LogP contribution in [0.2, 0.25) is 0 Å². The first-order valence-corrected chi connectivity index (χ1v) is 2.83. The molecule has 0 spiro atoms. The monoisotopic (exact) mass is 166 g/mol. The Kier molecular flexibility index (Phi) is 3.35. The Morgan fingerprint density at radius 2 is 1.82 bits per heavy atom. The third-order valence-electron chi connectivity index (χ3n) is 1.32. The lowest BCUT2D eigenvalue weighted by atomic mass is 10.2. The summed E-state index contributed by atoms with van der Waals surface area (Å²) in [6, 6.07) is -3.21. The smallest absolute Gasteiger partial charge is 0.264 e. The van der Waals surface area contributed by atoms with Crippen LogP contribution in [0.1, 0.15) is 6.92 Å². The van der Waals surface area contributed by atoms with Gasteiger partial charge < -0.3 is 0 Å². The molecule has 0 aliphatic heterocycles. The van der Waals surface area contributed by atoms with Crippen molar-refractivity contribution in [2.24, 2.45) is 0 Å². The summed E-state index contributed by atoms with van der Waals surface area (Å²) in [5.74, 6) is 0. The van der Waals surface area contributed by atoms with Gasteiger partial charge in [-0.15, -0.1) is 0 Å². The molecule has 0 saturated carbocycles. The van der Waals surface area contributed by atoms with Gasteiger partial charge in [0.2, 0.25) is 0 Å². The molecule has 0 aromatic carbocycles. The van der Waals surface area contributed by atoms with Crippen molar-refractivity contribution in [3.05, 3.63) is 20.2 Å². The van der Waals surface area contributed by atoms with Crippen molar-refractivity contribution in [1.29, 1.82) is 0 Å². The van der Waals surface area contributed by atoms with E-state index in [1.54, 1.807) is 0 Å². The summed E-state index contributed by atoms with van der Waals surface area (Å²) in [6.07, 6.45) is 0. The quantitative estimate of drug-likeness (QED) is 0.443. The van der Waals surface area contributed by atoms with Gasteiger partial charge in [-0.05, 0) is 0 Å². The van der Waals surface area contributed by atoms with E-state index in [9.17, 15) is 24.6 Å². The Morgan fingerprint density at radius 1 is 1.36 bits per heavy atom. The van der Waals surface area contributed by atoms with E-state index < -0.39 is 28.6 Å². The number of nitrogens with zero attached hydrogens (tertiary/aromatic N) is 2. The summed E-state index contributed by atoms with van der Waals surface area (Å²) in [7, 11) is 0. The minimum absolute atomic E-state index is 0.868. The number of hydrogen-bond donors (Lipinski definition) is 0. The molecular formula is C4H7FN2O4. The molecule has 0 saturated heterocycles. The second-order valence-electron chi connectivity index (χ2n) is 2.03. The Labute approximate surface area is 61.3 Å². The maximum Gasteiger partial charge on any atom is 0.306 e.